The number of halogens is 11. The van der Waals surface area contributed by atoms with Crippen molar-refractivity contribution in [2.45, 2.75) is 69.2 Å². The molecule has 0 spiro atoms. The summed E-state index contributed by atoms with van der Waals surface area (Å²) < 4.78 is 155. The zero-order valence-electron chi connectivity index (χ0n) is 61.6. The van der Waals surface area contributed by atoms with Gasteiger partial charge in [0.1, 0.15) is 40.7 Å². The van der Waals surface area contributed by atoms with Gasteiger partial charge in [0.05, 0.1) is 5.56 Å². The van der Waals surface area contributed by atoms with Crippen LogP contribution in [0.3, 0.4) is 0 Å². The summed E-state index contributed by atoms with van der Waals surface area (Å²) in [6.07, 6.45) is 15.9. The molecule has 0 aliphatic carbocycles. The first-order chi connectivity index (χ1) is 53.2. The second kappa shape index (κ2) is 35.2. The molecular weight excluding hydrogens is 1430 g/mol. The summed E-state index contributed by atoms with van der Waals surface area (Å²) in [6, 6.07) is 48.6. The number of aromatic nitrogens is 10. The smallest absolute Gasteiger partial charge is 0.167 e. The highest BCUT2D eigenvalue weighted by Gasteiger charge is 2.23. The van der Waals surface area contributed by atoms with Gasteiger partial charge in [-0.25, -0.2) is 98.1 Å². The molecule has 0 radical (unpaired) electrons. The van der Waals surface area contributed by atoms with E-state index in [9.17, 15) is 48.3 Å². The zero-order chi connectivity index (χ0) is 79.3. The fourth-order valence-electron chi connectivity index (χ4n) is 11.3. The van der Waals surface area contributed by atoms with Gasteiger partial charge in [0.2, 0.25) is 0 Å². The first-order valence-corrected chi connectivity index (χ1v) is 34.6. The molecule has 5 aromatic heterocycles. The Balaban J connectivity index is 0.000000137. The van der Waals surface area contributed by atoms with Crippen LogP contribution in [0.1, 0.15) is 56.7 Å². The number of benzene rings is 10. The molecule has 556 valence electrons. The van der Waals surface area contributed by atoms with E-state index in [0.717, 1.165) is 38.9 Å². The molecule has 0 amide bonds. The van der Waals surface area contributed by atoms with Crippen LogP contribution in [0, 0.1) is 133 Å². The van der Waals surface area contributed by atoms with E-state index in [2.05, 4.69) is 49.8 Å². The van der Waals surface area contributed by atoms with Crippen molar-refractivity contribution in [3.63, 3.8) is 0 Å². The van der Waals surface area contributed by atoms with E-state index in [1.54, 1.807) is 151 Å². The maximum Gasteiger partial charge on any atom is 0.167 e. The number of rotatable bonds is 10. The molecule has 15 rings (SSSR count). The Hall–Kier alpha value is -13.2. The quantitative estimate of drug-likeness (QED) is 0.122. The molecule has 0 saturated carbocycles. The third kappa shape index (κ3) is 19.0. The van der Waals surface area contributed by atoms with Crippen LogP contribution in [0.2, 0.25) is 0 Å². The Morgan fingerprint density at radius 2 is 0.432 bits per heavy atom. The normalized spacial score (nSPS) is 10.7. The van der Waals surface area contributed by atoms with Crippen LogP contribution in [0.15, 0.2) is 238 Å². The van der Waals surface area contributed by atoms with Crippen LogP contribution >= 0.6 is 0 Å². The SMILES string of the molecule is Cc1ccc(-c2ccc(-c3cnc(C)nc3)c(F)c2F)cc1.Cc1ccc(-c2ccc(-c3ncc(C)cn3)c(F)c2)cc1.Cc1ncc(-c2ccc(-c3ccc(C)c(F)c3)c(F)c2)cn1.Cc1ncc(-c2ccc(-c3ccc(C)c(F)c3F)c(F)c2F)cn1.Cc1ncc(-c2ccc(-c3ccc(C)c(F)c3F)cc2)cn1. The summed E-state index contributed by atoms with van der Waals surface area (Å²) in [7, 11) is 0. The Labute approximate surface area is 634 Å². The highest BCUT2D eigenvalue weighted by atomic mass is 19.2. The molecule has 10 aromatic carbocycles. The van der Waals surface area contributed by atoms with E-state index in [-0.39, 0.29) is 50.6 Å². The van der Waals surface area contributed by atoms with Gasteiger partial charge >= 0.3 is 0 Å². The molecule has 21 heteroatoms. The molecule has 0 fully saturated rings. The Bertz CT molecular complexity index is 5730. The number of aryl methyl sites for hydroxylation is 10. The van der Waals surface area contributed by atoms with Crippen molar-refractivity contribution in [1.82, 2.24) is 49.8 Å². The summed E-state index contributed by atoms with van der Waals surface area (Å²) in [5.41, 5.74) is 12.5. The summed E-state index contributed by atoms with van der Waals surface area (Å²) in [6.45, 7) is 17.5. The lowest BCUT2D eigenvalue weighted by atomic mass is 9.98. The zero-order valence-corrected chi connectivity index (χ0v) is 61.6. The fraction of sp³-hybridized carbons (Fsp3) is 0.111. The van der Waals surface area contributed by atoms with E-state index < -0.39 is 52.4 Å². The highest BCUT2D eigenvalue weighted by Crippen LogP contribution is 2.37. The molecule has 0 unspecified atom stereocenters. The molecule has 10 nitrogen and oxygen atoms in total. The molecule has 0 saturated heterocycles. The lowest BCUT2D eigenvalue weighted by Crippen LogP contribution is -1.99. The Morgan fingerprint density at radius 3 is 0.856 bits per heavy atom. The molecule has 15 aromatic rings. The first kappa shape index (κ1) is 78.9. The van der Waals surface area contributed by atoms with Crippen LogP contribution < -0.4 is 0 Å². The second-order valence-corrected chi connectivity index (χ2v) is 26.0. The average Bonchev–Trinajstić information content (AvgIpc) is 0.797. The lowest BCUT2D eigenvalue weighted by molar-refractivity contribution is 0.499. The Kier molecular flexibility index (Phi) is 25.1. The van der Waals surface area contributed by atoms with Crippen molar-refractivity contribution in [3.05, 3.63) is 359 Å². The van der Waals surface area contributed by atoms with E-state index in [0.29, 0.717) is 84.8 Å². The number of hydrogen-bond acceptors (Lipinski definition) is 10. The van der Waals surface area contributed by atoms with Crippen LogP contribution in [0.25, 0.3) is 112 Å². The first-order valence-electron chi connectivity index (χ1n) is 34.6. The van der Waals surface area contributed by atoms with Crippen LogP contribution in [0.4, 0.5) is 48.3 Å². The minimum Gasteiger partial charge on any atom is -0.241 e. The lowest BCUT2D eigenvalue weighted by Gasteiger charge is -2.10. The second-order valence-electron chi connectivity index (χ2n) is 26.0. The predicted octanol–water partition coefficient (Wildman–Crippen LogP) is 23.7. The third-order valence-corrected chi connectivity index (χ3v) is 17.8. The van der Waals surface area contributed by atoms with Gasteiger partial charge in [-0.05, 0) is 155 Å². The molecule has 111 heavy (non-hydrogen) atoms. The molecule has 0 N–H and O–H groups in total. The predicted molar refractivity (Wildman–Crippen MR) is 411 cm³/mol. The van der Waals surface area contributed by atoms with Gasteiger partial charge in [0.15, 0.2) is 52.4 Å². The highest BCUT2D eigenvalue weighted by molar-refractivity contribution is 5.76. The standard InChI is InChI=1S/C18H12F4N2.3C18H14F2N2.C18H15FN2/c1-9-3-4-13(17(21)15(9)19)14-6-5-12(16(20)18(14)22)11-7-23-10(2)24-8-11;1-11-3-8-16(18(20)17(11)19)14-6-4-13(5-7-14)15-9-21-12(2)22-10-15;1-11-3-5-13(6-4-11)15-7-8-16(18(20)17(15)19)14-9-21-12(2)22-10-14;1-11-3-4-14(8-17(11)19)16-6-5-13(7-18(16)20)15-9-21-12(2)22-10-15;1-12-3-5-14(6-4-12)15-7-8-16(17(19)9-15)18-20-10-13(2)11-21-18/h3-8H,1-2H3;3*3-10H,1-2H3;3-11H,1-2H3. The van der Waals surface area contributed by atoms with Crippen molar-refractivity contribution in [3.8, 4) is 112 Å². The van der Waals surface area contributed by atoms with E-state index in [1.165, 1.54) is 79.7 Å². The summed E-state index contributed by atoms with van der Waals surface area (Å²) >= 11 is 0. The summed E-state index contributed by atoms with van der Waals surface area (Å²) in [5.74, 6) is -6.26. The number of hydrogen-bond donors (Lipinski definition) is 0. The third-order valence-electron chi connectivity index (χ3n) is 17.8. The summed E-state index contributed by atoms with van der Waals surface area (Å²) in [4.78, 5) is 40.8. The average molecular weight is 1500 g/mol. The van der Waals surface area contributed by atoms with Crippen LogP contribution in [0.5, 0.6) is 0 Å². The molecule has 0 aliphatic heterocycles. The maximum atomic E-state index is 14.4. The molecule has 0 atom stereocenters. The van der Waals surface area contributed by atoms with E-state index in [4.69, 9.17) is 0 Å². The largest absolute Gasteiger partial charge is 0.241 e. The van der Waals surface area contributed by atoms with Gasteiger partial charge in [-0.15, -0.1) is 0 Å². The van der Waals surface area contributed by atoms with E-state index in [1.807, 2.05) is 82.3 Å². The fourth-order valence-corrected chi connectivity index (χ4v) is 11.3. The van der Waals surface area contributed by atoms with Crippen molar-refractivity contribution in [2.75, 3.05) is 0 Å². The van der Waals surface area contributed by atoms with Crippen molar-refractivity contribution >= 4 is 0 Å². The molecular formula is C90H69F11N10. The molecule has 5 heterocycles. The maximum absolute atomic E-state index is 14.4. The van der Waals surface area contributed by atoms with Gasteiger partial charge in [0.25, 0.3) is 0 Å². The molecule has 0 bridgehead atoms. The van der Waals surface area contributed by atoms with Crippen LogP contribution in [-0.2, 0) is 0 Å². The van der Waals surface area contributed by atoms with Gasteiger partial charge in [-0.2, -0.15) is 0 Å². The molecule has 0 aliphatic rings. The topological polar surface area (TPSA) is 129 Å². The minimum atomic E-state index is -1.25. The van der Waals surface area contributed by atoms with Crippen molar-refractivity contribution in [2.24, 2.45) is 0 Å². The van der Waals surface area contributed by atoms with Crippen molar-refractivity contribution in [1.29, 1.82) is 0 Å². The Morgan fingerprint density at radius 1 is 0.171 bits per heavy atom. The monoisotopic (exact) mass is 1500 g/mol. The minimum absolute atomic E-state index is 0.0516. The van der Waals surface area contributed by atoms with Crippen molar-refractivity contribution < 1.29 is 48.3 Å². The van der Waals surface area contributed by atoms with E-state index >= 15 is 0 Å². The van der Waals surface area contributed by atoms with Gasteiger partial charge < -0.3 is 0 Å². The van der Waals surface area contributed by atoms with Gasteiger partial charge in [-0.3, -0.25) is 0 Å². The summed E-state index contributed by atoms with van der Waals surface area (Å²) in [5, 5.41) is 0. The van der Waals surface area contributed by atoms with Gasteiger partial charge in [0, 0.05) is 123 Å². The number of nitrogens with zero attached hydrogens (tertiary/aromatic N) is 10. The van der Waals surface area contributed by atoms with Gasteiger partial charge in [-0.1, -0.05) is 163 Å². The van der Waals surface area contributed by atoms with Crippen LogP contribution in [-0.4, -0.2) is 49.8 Å².